The van der Waals surface area contributed by atoms with Gasteiger partial charge in [-0.2, -0.15) is 5.26 Å². The minimum Gasteiger partial charge on any atom is -0.490 e. The number of rotatable bonds is 6. The lowest BCUT2D eigenvalue weighted by molar-refractivity contribution is 0.0818. The van der Waals surface area contributed by atoms with Gasteiger partial charge in [0.25, 0.3) is 0 Å². The number of ether oxygens (including phenoxy) is 2. The number of nitrogens with zero attached hydrogens (tertiary/aromatic N) is 1. The Balaban J connectivity index is 2.41. The van der Waals surface area contributed by atoms with Crippen molar-refractivity contribution >= 4 is 15.9 Å². The summed E-state index contributed by atoms with van der Waals surface area (Å²) in [6.07, 6.45) is 0. The number of halogens is 1. The van der Waals surface area contributed by atoms with Crippen LogP contribution in [0.25, 0.3) is 0 Å². The fourth-order valence-electron chi connectivity index (χ4n) is 1.24. The highest BCUT2D eigenvalue weighted by Gasteiger charge is 2.03. The van der Waals surface area contributed by atoms with E-state index in [0.717, 1.165) is 11.1 Å². The Morgan fingerprint density at radius 2 is 2.12 bits per heavy atom. The predicted octanol–water partition coefficient (Wildman–Crippen LogP) is 3.37. The van der Waals surface area contributed by atoms with E-state index in [1.807, 2.05) is 6.07 Å². The number of benzene rings is 1. The van der Waals surface area contributed by atoms with Crippen molar-refractivity contribution in [3.63, 3.8) is 0 Å². The van der Waals surface area contributed by atoms with Crippen molar-refractivity contribution in [1.29, 1.82) is 5.26 Å². The van der Waals surface area contributed by atoms with Gasteiger partial charge in [0, 0.05) is 11.1 Å². The summed E-state index contributed by atoms with van der Waals surface area (Å²) in [7, 11) is 0. The van der Waals surface area contributed by atoms with Crippen molar-refractivity contribution in [1.82, 2.24) is 0 Å². The lowest BCUT2D eigenvalue weighted by atomic mass is 10.2. The maximum atomic E-state index is 8.91. The second-order valence-electron chi connectivity index (χ2n) is 4.07. The zero-order valence-corrected chi connectivity index (χ0v) is 11.7. The molecule has 0 unspecified atom stereocenters. The van der Waals surface area contributed by atoms with Crippen LogP contribution in [0.4, 0.5) is 0 Å². The van der Waals surface area contributed by atoms with Crippen LogP contribution in [0.5, 0.6) is 5.75 Å². The summed E-state index contributed by atoms with van der Waals surface area (Å²) in [5.41, 5.74) is 0.539. The molecule has 0 heterocycles. The van der Waals surface area contributed by atoms with E-state index < -0.39 is 0 Å². The lowest BCUT2D eigenvalue weighted by Crippen LogP contribution is -2.10. The number of hydrogen-bond acceptors (Lipinski definition) is 3. The van der Waals surface area contributed by atoms with Crippen LogP contribution in [0.15, 0.2) is 22.7 Å². The van der Waals surface area contributed by atoms with E-state index in [-0.39, 0.29) is 0 Å². The van der Waals surface area contributed by atoms with Crippen molar-refractivity contribution in [2.24, 2.45) is 5.92 Å². The fourth-order valence-corrected chi connectivity index (χ4v) is 1.58. The summed E-state index contributed by atoms with van der Waals surface area (Å²) in [6.45, 7) is 5.92. The molecule has 0 aliphatic carbocycles. The monoisotopic (exact) mass is 297 g/mol. The molecule has 0 spiro atoms. The van der Waals surface area contributed by atoms with Gasteiger partial charge < -0.3 is 9.47 Å². The van der Waals surface area contributed by atoms with Gasteiger partial charge in [-0.05, 0) is 24.1 Å². The Morgan fingerprint density at radius 3 is 2.76 bits per heavy atom. The van der Waals surface area contributed by atoms with Crippen molar-refractivity contribution in [2.75, 3.05) is 19.8 Å². The molecule has 0 saturated carbocycles. The molecular formula is C13H16BrNO2. The Labute approximate surface area is 110 Å². The van der Waals surface area contributed by atoms with Gasteiger partial charge in [0.2, 0.25) is 0 Å². The first-order valence-electron chi connectivity index (χ1n) is 5.53. The van der Waals surface area contributed by atoms with Gasteiger partial charge in [0.05, 0.1) is 12.2 Å². The SMILES string of the molecule is CC(C)COCCOc1cc(Br)ccc1C#N. The molecule has 0 N–H and O–H groups in total. The van der Waals surface area contributed by atoms with Crippen LogP contribution in [0, 0.1) is 17.2 Å². The van der Waals surface area contributed by atoms with E-state index in [2.05, 4.69) is 35.8 Å². The largest absolute Gasteiger partial charge is 0.490 e. The molecule has 0 atom stereocenters. The van der Waals surface area contributed by atoms with Crippen molar-refractivity contribution in [3.8, 4) is 11.8 Å². The maximum Gasteiger partial charge on any atom is 0.138 e. The normalized spacial score (nSPS) is 10.3. The average molecular weight is 298 g/mol. The van der Waals surface area contributed by atoms with Crippen LogP contribution in [0.2, 0.25) is 0 Å². The van der Waals surface area contributed by atoms with Gasteiger partial charge in [-0.25, -0.2) is 0 Å². The van der Waals surface area contributed by atoms with Gasteiger partial charge in [0.15, 0.2) is 0 Å². The second kappa shape index (κ2) is 7.31. The molecule has 0 amide bonds. The third-order valence-electron chi connectivity index (χ3n) is 2.00. The maximum absolute atomic E-state index is 8.91. The quantitative estimate of drug-likeness (QED) is 0.756. The van der Waals surface area contributed by atoms with Crippen molar-refractivity contribution in [2.45, 2.75) is 13.8 Å². The summed E-state index contributed by atoms with van der Waals surface area (Å²) in [5, 5.41) is 8.91. The lowest BCUT2D eigenvalue weighted by Gasteiger charge is -2.10. The molecule has 1 rings (SSSR count). The van der Waals surface area contributed by atoms with Crippen molar-refractivity contribution < 1.29 is 9.47 Å². The number of nitriles is 1. The molecular weight excluding hydrogens is 282 g/mol. The van der Waals surface area contributed by atoms with E-state index in [9.17, 15) is 0 Å². The first-order chi connectivity index (χ1) is 8.13. The third kappa shape index (κ3) is 5.20. The average Bonchev–Trinajstić information content (AvgIpc) is 2.28. The molecule has 0 fully saturated rings. The summed E-state index contributed by atoms with van der Waals surface area (Å²) < 4.78 is 11.8. The van der Waals surface area contributed by atoms with Crippen LogP contribution >= 0.6 is 15.9 Å². The molecule has 0 aromatic heterocycles. The van der Waals surface area contributed by atoms with Crippen LogP contribution in [0.1, 0.15) is 19.4 Å². The minimum absolute atomic E-state index is 0.456. The molecule has 0 aliphatic heterocycles. The van der Waals surface area contributed by atoms with Gasteiger partial charge >= 0.3 is 0 Å². The molecule has 1 aromatic rings. The first kappa shape index (κ1) is 14.0. The van der Waals surface area contributed by atoms with E-state index in [1.165, 1.54) is 0 Å². The summed E-state index contributed by atoms with van der Waals surface area (Å²) in [6, 6.07) is 7.44. The fraction of sp³-hybridized carbons (Fsp3) is 0.462. The molecule has 1 aromatic carbocycles. The van der Waals surface area contributed by atoms with Crippen molar-refractivity contribution in [3.05, 3.63) is 28.2 Å². The standard InChI is InChI=1S/C13H16BrNO2/c1-10(2)9-16-5-6-17-13-7-12(14)4-3-11(13)8-15/h3-4,7,10H,5-6,9H2,1-2H3. The molecule has 4 heteroatoms. The Morgan fingerprint density at radius 1 is 1.35 bits per heavy atom. The van der Waals surface area contributed by atoms with Gasteiger partial charge in [-0.3, -0.25) is 0 Å². The summed E-state index contributed by atoms with van der Waals surface area (Å²) >= 11 is 3.35. The smallest absolute Gasteiger partial charge is 0.138 e. The highest BCUT2D eigenvalue weighted by molar-refractivity contribution is 9.10. The van der Waals surface area contributed by atoms with E-state index in [0.29, 0.717) is 30.4 Å². The van der Waals surface area contributed by atoms with Crippen LogP contribution in [0.3, 0.4) is 0 Å². The molecule has 17 heavy (non-hydrogen) atoms. The summed E-state index contributed by atoms with van der Waals surface area (Å²) in [4.78, 5) is 0. The highest BCUT2D eigenvalue weighted by Crippen LogP contribution is 2.22. The summed E-state index contributed by atoms with van der Waals surface area (Å²) in [5.74, 6) is 1.12. The number of hydrogen-bond donors (Lipinski definition) is 0. The van der Waals surface area contributed by atoms with Crippen LogP contribution in [-0.2, 0) is 4.74 Å². The topological polar surface area (TPSA) is 42.2 Å². The van der Waals surface area contributed by atoms with Crippen LogP contribution in [-0.4, -0.2) is 19.8 Å². The molecule has 0 saturated heterocycles. The van der Waals surface area contributed by atoms with Gasteiger partial charge in [-0.1, -0.05) is 29.8 Å². The molecule has 0 bridgehead atoms. The first-order valence-corrected chi connectivity index (χ1v) is 6.33. The van der Waals surface area contributed by atoms with Gasteiger partial charge in [0.1, 0.15) is 18.4 Å². The third-order valence-corrected chi connectivity index (χ3v) is 2.49. The van der Waals surface area contributed by atoms with Gasteiger partial charge in [-0.15, -0.1) is 0 Å². The zero-order valence-electron chi connectivity index (χ0n) is 10.1. The molecule has 0 aliphatic rings. The van der Waals surface area contributed by atoms with Crippen LogP contribution < -0.4 is 4.74 Å². The molecule has 3 nitrogen and oxygen atoms in total. The zero-order chi connectivity index (χ0) is 12.7. The second-order valence-corrected chi connectivity index (χ2v) is 4.99. The van der Waals surface area contributed by atoms with E-state index in [4.69, 9.17) is 14.7 Å². The Kier molecular flexibility index (Phi) is 6.03. The Bertz CT molecular complexity index is 399. The molecule has 92 valence electrons. The minimum atomic E-state index is 0.456. The highest BCUT2D eigenvalue weighted by atomic mass is 79.9. The van der Waals surface area contributed by atoms with E-state index in [1.54, 1.807) is 12.1 Å². The van der Waals surface area contributed by atoms with E-state index >= 15 is 0 Å². The Hall–Kier alpha value is -1.05. The predicted molar refractivity (Wildman–Crippen MR) is 70.0 cm³/mol. The molecule has 0 radical (unpaired) electrons.